The first-order valence-corrected chi connectivity index (χ1v) is 10.3. The fraction of sp³-hybridized carbons (Fsp3) is 0.667. The van der Waals surface area contributed by atoms with E-state index in [1.165, 1.54) is 0 Å². The molecule has 9 nitrogen and oxygen atoms in total. The smallest absolute Gasteiger partial charge is 0.407 e. The zero-order chi connectivity index (χ0) is 22.9. The number of carbonyl (C=O) groups is 2. The monoisotopic (exact) mass is 551 g/mol. The number of guanidine groups is 1. The quantitative estimate of drug-likeness (QED) is 0.246. The first-order valence-electron chi connectivity index (χ1n) is 10.3. The summed E-state index contributed by atoms with van der Waals surface area (Å²) in [5, 5.41) is 6.20. The number of ether oxygens (including phenoxy) is 1. The fourth-order valence-electron chi connectivity index (χ4n) is 2.69. The molecule has 0 radical (unpaired) electrons. The fourth-order valence-corrected chi connectivity index (χ4v) is 2.69. The molecule has 0 aromatic carbocycles. The van der Waals surface area contributed by atoms with E-state index in [1.54, 1.807) is 12.1 Å². The lowest BCUT2D eigenvalue weighted by atomic mass is 10.0. The Hall–Kier alpha value is -1.98. The van der Waals surface area contributed by atoms with Crippen LogP contribution in [0.5, 0.6) is 0 Å². The van der Waals surface area contributed by atoms with E-state index in [0.29, 0.717) is 24.8 Å². The molecule has 1 atom stereocenters. The van der Waals surface area contributed by atoms with Gasteiger partial charge in [-0.25, -0.2) is 9.79 Å². The van der Waals surface area contributed by atoms with Crippen molar-refractivity contribution in [2.24, 2.45) is 16.6 Å². The van der Waals surface area contributed by atoms with Gasteiger partial charge in [0.1, 0.15) is 17.9 Å². The van der Waals surface area contributed by atoms with Crippen LogP contribution in [-0.2, 0) is 11.3 Å². The van der Waals surface area contributed by atoms with Crippen LogP contribution in [0.25, 0.3) is 0 Å². The Labute approximate surface area is 202 Å². The van der Waals surface area contributed by atoms with Gasteiger partial charge in [0.25, 0.3) is 5.91 Å². The van der Waals surface area contributed by atoms with Crippen molar-refractivity contribution >= 4 is 41.9 Å². The molecule has 10 heteroatoms. The predicted molar refractivity (Wildman–Crippen MR) is 133 cm³/mol. The lowest BCUT2D eigenvalue weighted by Gasteiger charge is -2.28. The Kier molecular flexibility index (Phi) is 12.6. The van der Waals surface area contributed by atoms with Crippen LogP contribution in [0.2, 0.25) is 0 Å². The number of rotatable bonds is 9. The summed E-state index contributed by atoms with van der Waals surface area (Å²) in [5.74, 6) is 1.02. The van der Waals surface area contributed by atoms with Crippen molar-refractivity contribution in [3.05, 3.63) is 23.7 Å². The topological polar surface area (TPSA) is 122 Å². The van der Waals surface area contributed by atoms with E-state index in [1.807, 2.05) is 39.6 Å². The van der Waals surface area contributed by atoms with Crippen LogP contribution in [0.15, 0.2) is 21.5 Å². The summed E-state index contributed by atoms with van der Waals surface area (Å²) < 4.78 is 10.8. The Morgan fingerprint density at radius 2 is 1.94 bits per heavy atom. The first-order chi connectivity index (χ1) is 13.9. The highest BCUT2D eigenvalue weighted by Gasteiger charge is 2.22. The van der Waals surface area contributed by atoms with Crippen LogP contribution >= 0.6 is 24.0 Å². The second kappa shape index (κ2) is 13.4. The van der Waals surface area contributed by atoms with Gasteiger partial charge in [0, 0.05) is 26.2 Å². The van der Waals surface area contributed by atoms with Crippen molar-refractivity contribution in [3.8, 4) is 0 Å². The van der Waals surface area contributed by atoms with Crippen LogP contribution in [0, 0.1) is 5.92 Å². The summed E-state index contributed by atoms with van der Waals surface area (Å²) >= 11 is 0. The van der Waals surface area contributed by atoms with Crippen molar-refractivity contribution < 1.29 is 18.7 Å². The number of hydrogen-bond donors (Lipinski definition) is 3. The molecule has 1 rings (SSSR count). The van der Waals surface area contributed by atoms with Crippen LogP contribution in [0.3, 0.4) is 0 Å². The van der Waals surface area contributed by atoms with Crippen molar-refractivity contribution in [3.63, 3.8) is 0 Å². The number of aliphatic imine (C=N–C) groups is 1. The second-order valence-electron chi connectivity index (χ2n) is 8.51. The maximum Gasteiger partial charge on any atom is 0.407 e. The first kappa shape index (κ1) is 29.0. The lowest BCUT2D eigenvalue weighted by Crippen LogP contribution is -2.45. The van der Waals surface area contributed by atoms with E-state index in [4.69, 9.17) is 14.9 Å². The van der Waals surface area contributed by atoms with Crippen LogP contribution in [-0.4, -0.2) is 54.6 Å². The number of primary amides is 1. The Morgan fingerprint density at radius 3 is 2.42 bits per heavy atom. The van der Waals surface area contributed by atoms with Gasteiger partial charge in [-0.3, -0.25) is 4.79 Å². The van der Waals surface area contributed by atoms with Crippen molar-refractivity contribution in [2.75, 3.05) is 20.1 Å². The minimum Gasteiger partial charge on any atom is -0.454 e. The molecular formula is C21H38IN5O4. The third-order valence-electron chi connectivity index (χ3n) is 4.27. The van der Waals surface area contributed by atoms with E-state index in [2.05, 4.69) is 29.5 Å². The SMILES string of the molecule is CCNC(=NCc1ccc(C(N)=O)o1)N(C)CCC(NC(=O)OC(C)(C)C)C(C)C.I. The number of halogens is 1. The molecule has 178 valence electrons. The Bertz CT molecular complexity index is 728. The molecule has 0 fully saturated rings. The number of furan rings is 1. The third-order valence-corrected chi connectivity index (χ3v) is 4.27. The average molecular weight is 551 g/mol. The zero-order valence-corrected chi connectivity index (χ0v) is 22.0. The third kappa shape index (κ3) is 11.3. The number of nitrogens with two attached hydrogens (primary N) is 1. The summed E-state index contributed by atoms with van der Waals surface area (Å²) in [5.41, 5.74) is 4.68. The molecule has 0 saturated carbocycles. The molecule has 0 aliphatic carbocycles. The molecule has 0 bridgehead atoms. The average Bonchev–Trinajstić information content (AvgIpc) is 3.09. The molecule has 1 unspecified atom stereocenters. The van der Waals surface area contributed by atoms with Crippen molar-refractivity contribution in [1.29, 1.82) is 0 Å². The summed E-state index contributed by atoms with van der Waals surface area (Å²) in [7, 11) is 1.93. The van der Waals surface area contributed by atoms with Crippen molar-refractivity contribution in [2.45, 2.75) is 66.2 Å². The van der Waals surface area contributed by atoms with Gasteiger partial charge >= 0.3 is 6.09 Å². The number of carbonyl (C=O) groups excluding carboxylic acids is 2. The van der Waals surface area contributed by atoms with E-state index in [-0.39, 0.29) is 48.2 Å². The van der Waals surface area contributed by atoms with Crippen LogP contribution in [0.1, 0.15) is 64.3 Å². The molecule has 1 aromatic rings. The van der Waals surface area contributed by atoms with E-state index in [9.17, 15) is 9.59 Å². The van der Waals surface area contributed by atoms with Gasteiger partial charge in [-0.1, -0.05) is 13.8 Å². The molecular weight excluding hydrogens is 513 g/mol. The van der Waals surface area contributed by atoms with Gasteiger partial charge < -0.3 is 30.4 Å². The molecule has 1 aromatic heterocycles. The highest BCUT2D eigenvalue weighted by atomic mass is 127. The number of hydrogen-bond acceptors (Lipinski definition) is 5. The maximum atomic E-state index is 12.1. The summed E-state index contributed by atoms with van der Waals surface area (Å²) in [6.45, 7) is 13.3. The summed E-state index contributed by atoms with van der Waals surface area (Å²) in [6, 6.07) is 3.19. The van der Waals surface area contributed by atoms with E-state index < -0.39 is 17.6 Å². The molecule has 0 aliphatic rings. The predicted octanol–water partition coefficient (Wildman–Crippen LogP) is 3.33. The highest BCUT2D eigenvalue weighted by Crippen LogP contribution is 2.12. The number of nitrogens with one attached hydrogen (secondary N) is 2. The highest BCUT2D eigenvalue weighted by molar-refractivity contribution is 14.0. The lowest BCUT2D eigenvalue weighted by molar-refractivity contribution is 0.0485. The molecule has 0 saturated heterocycles. The number of alkyl carbamates (subject to hydrolysis) is 1. The molecule has 1 heterocycles. The van der Waals surface area contributed by atoms with Crippen LogP contribution in [0.4, 0.5) is 4.79 Å². The minimum atomic E-state index is -0.605. The number of amides is 2. The molecule has 4 N–H and O–H groups in total. The van der Waals surface area contributed by atoms with Gasteiger partial charge in [0.15, 0.2) is 11.7 Å². The Morgan fingerprint density at radius 1 is 1.29 bits per heavy atom. The summed E-state index contributed by atoms with van der Waals surface area (Å²) in [6.07, 6.45) is 0.317. The normalized spacial score (nSPS) is 12.7. The molecule has 31 heavy (non-hydrogen) atoms. The van der Waals surface area contributed by atoms with Crippen LogP contribution < -0.4 is 16.4 Å². The van der Waals surface area contributed by atoms with E-state index in [0.717, 1.165) is 6.42 Å². The molecule has 2 amide bonds. The number of nitrogens with zero attached hydrogens (tertiary/aromatic N) is 2. The van der Waals surface area contributed by atoms with Gasteiger partial charge in [0.05, 0.1) is 0 Å². The summed E-state index contributed by atoms with van der Waals surface area (Å²) in [4.78, 5) is 29.8. The van der Waals surface area contributed by atoms with E-state index >= 15 is 0 Å². The molecule has 0 aliphatic heterocycles. The van der Waals surface area contributed by atoms with Gasteiger partial charge in [-0.15, -0.1) is 24.0 Å². The van der Waals surface area contributed by atoms with Gasteiger partial charge in [0.2, 0.25) is 0 Å². The largest absolute Gasteiger partial charge is 0.454 e. The van der Waals surface area contributed by atoms with Crippen molar-refractivity contribution in [1.82, 2.24) is 15.5 Å². The maximum absolute atomic E-state index is 12.1. The van der Waals surface area contributed by atoms with Gasteiger partial charge in [-0.2, -0.15) is 0 Å². The zero-order valence-electron chi connectivity index (χ0n) is 19.7. The minimum absolute atomic E-state index is 0. The van der Waals surface area contributed by atoms with Gasteiger partial charge in [-0.05, 0) is 52.2 Å². The Balaban J connectivity index is 0.00000900. The standard InChI is InChI=1S/C21H37N5O4.HI/c1-8-23-19(24-13-15-9-10-17(29-15)18(22)27)26(7)12-11-16(14(2)3)25-20(28)30-21(4,5)6;/h9-10,14,16H,8,11-13H2,1-7H3,(H2,22,27)(H,23,24)(H,25,28);1H. The molecule has 0 spiro atoms. The second-order valence-corrected chi connectivity index (χ2v) is 8.51.